The molecule has 5 atom stereocenters. The number of benzene rings is 3. The van der Waals surface area contributed by atoms with Gasteiger partial charge in [0.2, 0.25) is 35.4 Å². The second-order valence-corrected chi connectivity index (χ2v) is 26.6. The summed E-state index contributed by atoms with van der Waals surface area (Å²) in [6, 6.07) is 22.4. The van der Waals surface area contributed by atoms with E-state index in [4.69, 9.17) is 21.7 Å². The molecule has 87 heavy (non-hydrogen) atoms. The van der Waals surface area contributed by atoms with Gasteiger partial charge in [-0.3, -0.25) is 38.4 Å². The molecule has 2 saturated heterocycles. The number of amides is 6. The van der Waals surface area contributed by atoms with Crippen molar-refractivity contribution in [2.45, 2.75) is 162 Å². The van der Waals surface area contributed by atoms with Crippen molar-refractivity contribution in [3.8, 4) is 0 Å². The van der Waals surface area contributed by atoms with Gasteiger partial charge in [-0.1, -0.05) is 82.3 Å². The first-order chi connectivity index (χ1) is 41.1. The van der Waals surface area contributed by atoms with Gasteiger partial charge in [0.1, 0.15) is 0 Å². The molecule has 0 saturated carbocycles. The summed E-state index contributed by atoms with van der Waals surface area (Å²) < 4.78 is 0. The van der Waals surface area contributed by atoms with Crippen LogP contribution < -0.4 is 41.7 Å². The minimum absolute atomic E-state index is 0.0218. The number of hydrogen-bond donors (Lipinski definition) is 6. The van der Waals surface area contributed by atoms with E-state index in [1.165, 1.54) is 0 Å². The number of carboxylic acid groups (broad SMARTS) is 1. The number of thiophene rings is 2. The van der Waals surface area contributed by atoms with Crippen molar-refractivity contribution in [1.29, 1.82) is 0 Å². The number of nitrogens with two attached hydrogens (primary N) is 2. The van der Waals surface area contributed by atoms with Gasteiger partial charge in [0.25, 0.3) is 0 Å². The van der Waals surface area contributed by atoms with E-state index in [1.807, 2.05) is 97.7 Å². The number of carbonyl (C=O) groups is 9. The minimum Gasteiger partial charge on any atom is -0.479 e. The summed E-state index contributed by atoms with van der Waals surface area (Å²) in [5, 5.41) is 31.0. The lowest BCUT2D eigenvalue weighted by molar-refractivity contribution is -0.147. The van der Waals surface area contributed by atoms with Crippen LogP contribution >= 0.6 is 22.7 Å². The summed E-state index contributed by atoms with van der Waals surface area (Å²) in [6.07, 6.45) is 2.97. The van der Waals surface area contributed by atoms with Crippen LogP contribution in [-0.2, 0) is 69.1 Å². The molecule has 8 N–H and O–H groups in total. The van der Waals surface area contributed by atoms with Crippen LogP contribution in [-0.4, -0.2) is 99.4 Å². The molecular formula is C66H84N8O11S2. The van der Waals surface area contributed by atoms with Crippen LogP contribution in [0.5, 0.6) is 0 Å². The standard InChI is InChI=1S/2C29H38N4O4S.C8H8O3/c2*1-18(2)13-22(31-28(37)29(3,4)30)24(34)15-21-14-20-7-5-8-23(32-11-6-9-25(32)35)26(20)33(27(21)36)16-19-10-12-38-17-19;9-7(8(10)11)6-4-2-1-3-5-6/h2*5,7-8,10,12,17-18,21-22H,6,9,11,13-16,30H2,1-4H3,(H,31,37);1-5,7,9H,(H,10,11)/t2*21?,22-;/m11./s1. The van der Waals surface area contributed by atoms with Gasteiger partial charge in [-0.15, -0.1) is 0 Å². The number of para-hydroxylation sites is 2. The maximum atomic E-state index is 14.0. The van der Waals surface area contributed by atoms with Crippen LogP contribution in [0.25, 0.3) is 0 Å². The number of anilines is 4. The Kier molecular flexibility index (Phi) is 22.8. The number of rotatable bonds is 22. The second-order valence-electron chi connectivity index (χ2n) is 25.0. The average molecular weight is 1230 g/mol. The van der Waals surface area contributed by atoms with Crippen molar-refractivity contribution in [2.75, 3.05) is 32.7 Å². The van der Waals surface area contributed by atoms with Gasteiger partial charge < -0.3 is 51.9 Å². The van der Waals surface area contributed by atoms with E-state index in [0.29, 0.717) is 70.3 Å². The summed E-state index contributed by atoms with van der Waals surface area (Å²) in [5.41, 5.74) is 17.0. The number of nitrogens with one attached hydrogen (secondary N) is 2. The molecule has 0 bridgehead atoms. The normalized spacial score (nSPS) is 17.9. The number of Topliss-reactive ketones (excluding diaryl/α,β-unsaturated/α-hetero) is 2. The Morgan fingerprint density at radius 3 is 1.32 bits per heavy atom. The molecule has 5 aromatic rings. The molecule has 0 spiro atoms. The monoisotopic (exact) mass is 1230 g/mol. The highest BCUT2D eigenvalue weighted by Gasteiger charge is 2.42. The third-order valence-corrected chi connectivity index (χ3v) is 17.2. The molecule has 4 aliphatic rings. The minimum atomic E-state index is -1.41. The predicted octanol–water partition coefficient (Wildman–Crippen LogP) is 8.42. The number of aliphatic carboxylic acids is 1. The fourth-order valence-corrected chi connectivity index (χ4v) is 12.5. The highest BCUT2D eigenvalue weighted by Crippen LogP contribution is 2.44. The number of fused-ring (bicyclic) bond motifs is 2. The summed E-state index contributed by atoms with van der Waals surface area (Å²) >= 11 is 3.12. The van der Waals surface area contributed by atoms with Crippen LogP contribution in [0.1, 0.15) is 141 Å². The molecule has 9 rings (SSSR count). The molecule has 6 amide bonds. The van der Waals surface area contributed by atoms with Crippen LogP contribution in [0.3, 0.4) is 0 Å². The number of ketones is 2. The van der Waals surface area contributed by atoms with Gasteiger partial charge in [0, 0.05) is 50.6 Å². The van der Waals surface area contributed by atoms with Crippen LogP contribution in [0.15, 0.2) is 100 Å². The number of hydrogen-bond acceptors (Lipinski definition) is 14. The molecule has 19 nitrogen and oxygen atoms in total. The second kappa shape index (κ2) is 29.5. The summed E-state index contributed by atoms with van der Waals surface area (Å²) in [4.78, 5) is 123. The maximum Gasteiger partial charge on any atom is 0.337 e. The van der Waals surface area contributed by atoms with Crippen LogP contribution in [0.2, 0.25) is 0 Å². The molecule has 0 radical (unpaired) electrons. The van der Waals surface area contributed by atoms with Crippen molar-refractivity contribution in [2.24, 2.45) is 35.1 Å². The SMILES string of the molecule is CC(C)C[C@@H](NC(=O)C(C)(C)N)C(=O)CC1Cc2cccc(N3CCCC3=O)c2N(Cc2ccsc2)C1=O.CC(C)C[C@@H](NC(=O)C(C)(C)N)C(=O)CC1Cc2cccc(N3CCCC3=O)c2N(Cc2ccsc2)C1=O.O=C(O)C(O)c1ccccc1. The van der Waals surface area contributed by atoms with Crippen molar-refractivity contribution < 1.29 is 53.4 Å². The van der Waals surface area contributed by atoms with E-state index < -0.39 is 58.9 Å². The van der Waals surface area contributed by atoms with Crippen LogP contribution in [0.4, 0.5) is 22.7 Å². The van der Waals surface area contributed by atoms with E-state index in [9.17, 15) is 43.2 Å². The van der Waals surface area contributed by atoms with E-state index >= 15 is 0 Å². The predicted molar refractivity (Wildman–Crippen MR) is 339 cm³/mol. The largest absolute Gasteiger partial charge is 0.479 e. The Morgan fingerprint density at radius 2 is 1.00 bits per heavy atom. The first-order valence-electron chi connectivity index (χ1n) is 29.8. The number of carbonyl (C=O) groups excluding carboxylic acids is 8. The Hall–Kier alpha value is -7.43. The molecule has 21 heteroatoms. The van der Waals surface area contributed by atoms with E-state index in [-0.39, 0.29) is 59.9 Å². The lowest BCUT2D eigenvalue weighted by Gasteiger charge is -2.37. The average Bonchev–Trinajstić information content (AvgIpc) is 1.97. The van der Waals surface area contributed by atoms with E-state index in [2.05, 4.69) is 10.6 Å². The lowest BCUT2D eigenvalue weighted by atomic mass is 9.84. The molecule has 6 heterocycles. The van der Waals surface area contributed by atoms with Crippen LogP contribution in [0, 0.1) is 23.7 Å². The smallest absolute Gasteiger partial charge is 0.337 e. The third-order valence-electron chi connectivity index (χ3n) is 15.7. The Bertz CT molecular complexity index is 3080. The number of carboxylic acids is 1. The Balaban J connectivity index is 0.000000211. The molecular weight excluding hydrogens is 1140 g/mol. The number of aliphatic hydroxyl groups excluding tert-OH is 1. The lowest BCUT2D eigenvalue weighted by Crippen LogP contribution is -2.54. The zero-order chi connectivity index (χ0) is 63.5. The van der Waals surface area contributed by atoms with Gasteiger partial charge in [-0.05, 0) is 152 Å². The zero-order valence-corrected chi connectivity index (χ0v) is 52.7. The molecule has 3 aromatic carbocycles. The fourth-order valence-electron chi connectivity index (χ4n) is 11.2. The number of nitrogens with zero attached hydrogens (tertiary/aromatic N) is 4. The molecule has 2 fully saturated rings. The van der Waals surface area contributed by atoms with Crippen molar-refractivity contribution in [3.05, 3.63) is 128 Å². The fraction of sp³-hybridized carbons (Fsp3) is 0.470. The third kappa shape index (κ3) is 17.4. The molecule has 2 aromatic heterocycles. The molecule has 4 aliphatic heterocycles. The maximum absolute atomic E-state index is 14.0. The van der Waals surface area contributed by atoms with Crippen molar-refractivity contribution >= 4 is 98.4 Å². The van der Waals surface area contributed by atoms with Gasteiger partial charge in [-0.25, -0.2) is 4.79 Å². The first kappa shape index (κ1) is 67.1. The summed E-state index contributed by atoms with van der Waals surface area (Å²) in [7, 11) is 0. The number of aliphatic hydroxyl groups is 1. The van der Waals surface area contributed by atoms with E-state index in [1.54, 1.807) is 100 Å². The van der Waals surface area contributed by atoms with Gasteiger partial charge in [-0.2, -0.15) is 22.7 Å². The van der Waals surface area contributed by atoms with E-state index in [0.717, 1.165) is 57.8 Å². The molecule has 466 valence electrons. The van der Waals surface area contributed by atoms with Gasteiger partial charge in [0.05, 0.1) is 59.0 Å². The summed E-state index contributed by atoms with van der Waals surface area (Å²) in [5.74, 6) is -3.27. The van der Waals surface area contributed by atoms with Gasteiger partial charge in [0.15, 0.2) is 17.7 Å². The zero-order valence-electron chi connectivity index (χ0n) is 51.1. The first-order valence-corrected chi connectivity index (χ1v) is 31.7. The Labute approximate surface area is 517 Å². The highest BCUT2D eigenvalue weighted by atomic mass is 32.1. The summed E-state index contributed by atoms with van der Waals surface area (Å²) in [6.45, 7) is 16.4. The Morgan fingerprint density at radius 1 is 0.598 bits per heavy atom. The van der Waals surface area contributed by atoms with Gasteiger partial charge >= 0.3 is 5.97 Å². The van der Waals surface area contributed by atoms with Crippen molar-refractivity contribution in [1.82, 2.24) is 10.6 Å². The topological polar surface area (TPSA) is 283 Å². The quantitative estimate of drug-likeness (QED) is 0.0380. The molecule has 0 aliphatic carbocycles. The molecule has 3 unspecified atom stereocenters. The highest BCUT2D eigenvalue weighted by molar-refractivity contribution is 7.08. The van der Waals surface area contributed by atoms with Crippen molar-refractivity contribution in [3.63, 3.8) is 0 Å².